The van der Waals surface area contributed by atoms with Gasteiger partial charge in [0.2, 0.25) is 5.60 Å². The van der Waals surface area contributed by atoms with Crippen molar-refractivity contribution >= 4 is 11.9 Å². The highest BCUT2D eigenvalue weighted by Gasteiger charge is 2.95. The first-order valence-corrected chi connectivity index (χ1v) is 7.63. The van der Waals surface area contributed by atoms with Gasteiger partial charge in [-0.15, -0.1) is 0 Å². The van der Waals surface area contributed by atoms with Crippen LogP contribution >= 0.6 is 0 Å². The quantitative estimate of drug-likeness (QED) is 0.479. The maximum Gasteiger partial charge on any atom is 0.342 e. The van der Waals surface area contributed by atoms with Crippen molar-refractivity contribution in [3.8, 4) is 0 Å². The molecule has 1 spiro atoms. The predicted molar refractivity (Wildman–Crippen MR) is 68.3 cm³/mol. The maximum absolute atomic E-state index is 12.4. The average molecular weight is 310 g/mol. The summed E-state index contributed by atoms with van der Waals surface area (Å²) in [4.78, 5) is 24.8. The van der Waals surface area contributed by atoms with E-state index in [2.05, 4.69) is 0 Å². The lowest BCUT2D eigenvalue weighted by atomic mass is 9.52. The van der Waals surface area contributed by atoms with Crippen LogP contribution in [0.2, 0.25) is 0 Å². The second-order valence-corrected chi connectivity index (χ2v) is 8.06. The molecule has 7 nitrogen and oxygen atoms in total. The molecule has 7 heteroatoms. The highest BCUT2D eigenvalue weighted by atomic mass is 16.7. The average Bonchev–Trinajstić information content (AvgIpc) is 2.85. The van der Waals surface area contributed by atoms with Crippen molar-refractivity contribution in [2.45, 2.75) is 62.3 Å². The molecule has 8 atom stereocenters. The van der Waals surface area contributed by atoms with E-state index in [1.807, 2.05) is 0 Å². The van der Waals surface area contributed by atoms with Gasteiger partial charge >= 0.3 is 11.9 Å². The van der Waals surface area contributed by atoms with Crippen molar-refractivity contribution in [1.29, 1.82) is 0 Å². The monoisotopic (exact) mass is 310 g/mol. The Kier molecular flexibility index (Phi) is 1.85. The molecule has 5 aliphatic rings. The molecular weight excluding hydrogens is 292 g/mol. The third kappa shape index (κ3) is 0.962. The molecule has 2 aliphatic carbocycles. The van der Waals surface area contributed by atoms with Gasteiger partial charge in [0.05, 0.1) is 22.5 Å². The summed E-state index contributed by atoms with van der Waals surface area (Å²) in [7, 11) is 0. The number of hydrogen-bond acceptors (Lipinski definition) is 7. The first kappa shape index (κ1) is 13.3. The predicted octanol–water partition coefficient (Wildman–Crippen LogP) is -0.867. The van der Waals surface area contributed by atoms with E-state index in [1.54, 1.807) is 20.8 Å². The summed E-state index contributed by atoms with van der Waals surface area (Å²) < 4.78 is 16.5. The van der Waals surface area contributed by atoms with Crippen molar-refractivity contribution in [2.75, 3.05) is 0 Å². The van der Waals surface area contributed by atoms with Gasteiger partial charge in [-0.2, -0.15) is 0 Å². The topological polar surface area (TPSA) is 106 Å². The lowest BCUT2D eigenvalue weighted by Crippen LogP contribution is -2.68. The fourth-order valence-electron chi connectivity index (χ4n) is 5.83. The van der Waals surface area contributed by atoms with Gasteiger partial charge < -0.3 is 24.4 Å². The zero-order valence-electron chi connectivity index (χ0n) is 12.5. The summed E-state index contributed by atoms with van der Waals surface area (Å²) >= 11 is 0. The van der Waals surface area contributed by atoms with Crippen LogP contribution in [0.5, 0.6) is 0 Å². The van der Waals surface area contributed by atoms with Crippen LogP contribution in [0.15, 0.2) is 0 Å². The number of rotatable bonds is 1. The van der Waals surface area contributed by atoms with E-state index in [-0.39, 0.29) is 6.42 Å². The van der Waals surface area contributed by atoms with Gasteiger partial charge in [0, 0.05) is 12.3 Å². The molecule has 0 radical (unpaired) electrons. The Balaban J connectivity index is 1.76. The Bertz CT molecular complexity index is 638. The van der Waals surface area contributed by atoms with E-state index in [1.165, 1.54) is 0 Å². The number of hydrogen-bond donors (Lipinski definition) is 2. The number of epoxide rings is 1. The third-order valence-electron chi connectivity index (χ3n) is 6.85. The summed E-state index contributed by atoms with van der Waals surface area (Å²) in [5.74, 6) is -2.51. The largest absolute Gasteiger partial charge is 0.458 e. The van der Waals surface area contributed by atoms with E-state index in [9.17, 15) is 19.8 Å². The SMILES string of the molecule is CC(C)(O)[C@@H]1[C@H]2OC(=O)[C@@H]1[C@]1(O)C[C@H]3O[C@]34C(=O)O[C@@H]2[C@]14C. The van der Waals surface area contributed by atoms with Crippen LogP contribution in [0, 0.1) is 17.3 Å². The van der Waals surface area contributed by atoms with Crippen LogP contribution in [-0.2, 0) is 23.8 Å². The zero-order chi connectivity index (χ0) is 15.9. The van der Waals surface area contributed by atoms with E-state index in [0.29, 0.717) is 0 Å². The number of fused-ring (bicyclic) bond motifs is 4. The summed E-state index contributed by atoms with van der Waals surface area (Å²) in [5, 5.41) is 21.9. The van der Waals surface area contributed by atoms with E-state index in [0.717, 1.165) is 0 Å². The molecule has 5 fully saturated rings. The Morgan fingerprint density at radius 2 is 1.95 bits per heavy atom. The first-order valence-electron chi connectivity index (χ1n) is 7.63. The number of aliphatic hydroxyl groups is 2. The van der Waals surface area contributed by atoms with Gasteiger partial charge in [-0.1, -0.05) is 0 Å². The third-order valence-corrected chi connectivity index (χ3v) is 6.85. The van der Waals surface area contributed by atoms with E-state index in [4.69, 9.17) is 14.2 Å². The van der Waals surface area contributed by atoms with Crippen LogP contribution < -0.4 is 0 Å². The van der Waals surface area contributed by atoms with Gasteiger partial charge in [0.1, 0.15) is 12.2 Å². The highest BCUT2D eigenvalue weighted by Crippen LogP contribution is 2.77. The summed E-state index contributed by atoms with van der Waals surface area (Å²) in [6, 6.07) is 0. The lowest BCUT2D eigenvalue weighted by Gasteiger charge is -2.53. The van der Waals surface area contributed by atoms with Gasteiger partial charge in [0.25, 0.3) is 0 Å². The normalized spacial score (nSPS) is 60.7. The lowest BCUT2D eigenvalue weighted by molar-refractivity contribution is -0.223. The van der Waals surface area contributed by atoms with Gasteiger partial charge in [-0.05, 0) is 20.8 Å². The van der Waals surface area contributed by atoms with Crippen molar-refractivity contribution < 1.29 is 34.0 Å². The summed E-state index contributed by atoms with van der Waals surface area (Å²) in [5.41, 5.74) is -4.89. The minimum Gasteiger partial charge on any atom is -0.458 e. The van der Waals surface area contributed by atoms with Crippen molar-refractivity contribution in [2.24, 2.45) is 17.3 Å². The Hall–Kier alpha value is -1.18. The molecule has 120 valence electrons. The van der Waals surface area contributed by atoms with Crippen LogP contribution in [0.25, 0.3) is 0 Å². The highest BCUT2D eigenvalue weighted by molar-refractivity contribution is 5.91. The second-order valence-electron chi connectivity index (χ2n) is 8.06. The Labute approximate surface area is 126 Å². The number of carbonyl (C=O) groups is 2. The molecule has 3 aliphatic heterocycles. The minimum absolute atomic E-state index is 0.189. The van der Waals surface area contributed by atoms with E-state index >= 15 is 0 Å². The molecule has 0 amide bonds. The molecule has 3 heterocycles. The van der Waals surface area contributed by atoms with Crippen LogP contribution in [-0.4, -0.2) is 57.3 Å². The van der Waals surface area contributed by atoms with Gasteiger partial charge in [-0.3, -0.25) is 4.79 Å². The first-order chi connectivity index (χ1) is 10.1. The fourth-order valence-corrected chi connectivity index (χ4v) is 5.83. The number of ether oxygens (including phenoxy) is 3. The molecule has 5 rings (SSSR count). The molecule has 2 N–H and O–H groups in total. The van der Waals surface area contributed by atoms with Crippen molar-refractivity contribution in [1.82, 2.24) is 0 Å². The minimum atomic E-state index is -1.47. The molecule has 0 aromatic rings. The molecule has 2 saturated carbocycles. The van der Waals surface area contributed by atoms with Crippen LogP contribution in [0.3, 0.4) is 0 Å². The van der Waals surface area contributed by atoms with Gasteiger partial charge in [0.15, 0.2) is 6.10 Å². The Morgan fingerprint density at radius 1 is 1.27 bits per heavy atom. The smallest absolute Gasteiger partial charge is 0.342 e. The standard InChI is InChI=1S/C15H18O7/c1-12(2,18)6-7-10(16)20-8(6)9-13(3)14(7,19)4-5-15(13,22-5)11(17)21-9/h5-9,18-19H,4H2,1-3H3/t5-,6+,7-,8-,9+,13-,14-,15+/m1/s1. The molecule has 0 unspecified atom stereocenters. The zero-order valence-corrected chi connectivity index (χ0v) is 12.5. The molecule has 3 saturated heterocycles. The van der Waals surface area contributed by atoms with Crippen LogP contribution in [0.4, 0.5) is 0 Å². The van der Waals surface area contributed by atoms with Crippen molar-refractivity contribution in [3.63, 3.8) is 0 Å². The molecule has 0 aromatic heterocycles. The number of carbonyl (C=O) groups excluding carboxylic acids is 2. The van der Waals surface area contributed by atoms with E-state index < -0.39 is 64.3 Å². The second kappa shape index (κ2) is 3.07. The fraction of sp³-hybridized carbons (Fsp3) is 0.867. The molecular formula is C15H18O7. The van der Waals surface area contributed by atoms with Gasteiger partial charge in [-0.25, -0.2) is 4.79 Å². The van der Waals surface area contributed by atoms with Crippen molar-refractivity contribution in [3.05, 3.63) is 0 Å². The maximum atomic E-state index is 12.4. The summed E-state index contributed by atoms with van der Waals surface area (Å²) in [6.07, 6.45) is -1.78. The number of esters is 2. The Morgan fingerprint density at radius 3 is 2.59 bits per heavy atom. The molecule has 2 bridgehead atoms. The molecule has 0 aromatic carbocycles. The van der Waals surface area contributed by atoms with Crippen LogP contribution in [0.1, 0.15) is 27.2 Å². The molecule has 22 heavy (non-hydrogen) atoms. The summed E-state index contributed by atoms with van der Waals surface area (Å²) in [6.45, 7) is 4.92.